The number of carbonyl (C=O) groups is 2. The summed E-state index contributed by atoms with van der Waals surface area (Å²) in [6.07, 6.45) is 0.183. The second-order valence-corrected chi connectivity index (χ2v) is 7.02. The molecular weight excluding hydrogens is 368 g/mol. The molecule has 0 aliphatic rings. The average Bonchev–Trinajstić information content (AvgIpc) is 2.65. The van der Waals surface area contributed by atoms with Crippen molar-refractivity contribution in [1.29, 1.82) is 5.26 Å². The zero-order chi connectivity index (χ0) is 21.4. The second kappa shape index (κ2) is 10.3. The largest absolute Gasteiger partial charge is 0.482 e. The van der Waals surface area contributed by atoms with E-state index in [1.54, 1.807) is 6.07 Å². The average molecular weight is 394 g/mol. The topological polar surface area (TPSA) is 79.6 Å². The van der Waals surface area contributed by atoms with E-state index >= 15 is 0 Å². The Balaban J connectivity index is 1.96. The Morgan fingerprint density at radius 2 is 1.66 bits per heavy atom. The number of benzene rings is 2. The molecule has 0 saturated heterocycles. The molecule has 0 heterocycles. The van der Waals surface area contributed by atoms with Crippen LogP contribution in [-0.2, 0) is 14.3 Å². The fourth-order valence-corrected chi connectivity index (χ4v) is 3.03. The van der Waals surface area contributed by atoms with E-state index in [4.69, 9.17) is 14.7 Å². The molecule has 0 fully saturated rings. The third kappa shape index (κ3) is 6.65. The Morgan fingerprint density at radius 3 is 2.28 bits per heavy atom. The minimum absolute atomic E-state index is 0.183. The molecule has 0 aliphatic carbocycles. The molecule has 0 atom stereocenters. The fraction of sp³-hybridized carbons (Fsp3) is 0.348. The van der Waals surface area contributed by atoms with Crippen molar-refractivity contribution in [1.82, 2.24) is 0 Å². The number of ether oxygens (including phenoxy) is 2. The van der Waals surface area contributed by atoms with Gasteiger partial charge in [-0.25, -0.2) is 4.79 Å². The fourth-order valence-electron chi connectivity index (χ4n) is 3.03. The summed E-state index contributed by atoms with van der Waals surface area (Å²) in [5.41, 5.74) is 4.73. The van der Waals surface area contributed by atoms with Gasteiger partial charge in [-0.15, -0.1) is 0 Å². The highest BCUT2D eigenvalue weighted by molar-refractivity contribution is 5.95. The van der Waals surface area contributed by atoms with Gasteiger partial charge in [0.25, 0.3) is 5.91 Å². The van der Waals surface area contributed by atoms with Crippen molar-refractivity contribution >= 4 is 17.6 Å². The Labute approximate surface area is 171 Å². The number of aryl methyl sites for hydroxylation is 4. The lowest BCUT2D eigenvalue weighted by atomic mass is 10.1. The van der Waals surface area contributed by atoms with Crippen LogP contribution in [0.4, 0.5) is 5.69 Å². The molecule has 152 valence electrons. The number of amides is 1. The molecule has 0 N–H and O–H groups in total. The van der Waals surface area contributed by atoms with Crippen LogP contribution >= 0.6 is 0 Å². The van der Waals surface area contributed by atoms with E-state index < -0.39 is 12.6 Å². The second-order valence-electron chi connectivity index (χ2n) is 7.02. The molecule has 2 aromatic carbocycles. The summed E-state index contributed by atoms with van der Waals surface area (Å²) in [5, 5.41) is 8.90. The smallest absolute Gasteiger partial charge is 0.344 e. The number of rotatable bonds is 8. The van der Waals surface area contributed by atoms with E-state index in [-0.39, 0.29) is 25.5 Å². The maximum atomic E-state index is 12.6. The molecule has 0 unspecified atom stereocenters. The van der Waals surface area contributed by atoms with Crippen LogP contribution in [0.3, 0.4) is 0 Å². The first-order chi connectivity index (χ1) is 13.8. The third-order valence-corrected chi connectivity index (χ3v) is 4.30. The minimum atomic E-state index is -0.626. The predicted molar refractivity (Wildman–Crippen MR) is 111 cm³/mol. The van der Waals surface area contributed by atoms with Crippen molar-refractivity contribution in [3.8, 4) is 11.8 Å². The van der Waals surface area contributed by atoms with Gasteiger partial charge in [-0.2, -0.15) is 5.26 Å². The third-order valence-electron chi connectivity index (χ3n) is 4.30. The van der Waals surface area contributed by atoms with Crippen molar-refractivity contribution in [3.05, 3.63) is 58.7 Å². The first-order valence-corrected chi connectivity index (χ1v) is 9.41. The summed E-state index contributed by atoms with van der Waals surface area (Å²) in [5.74, 6) is -0.408. The molecular formula is C23H26N2O4. The van der Waals surface area contributed by atoms with Crippen molar-refractivity contribution in [2.45, 2.75) is 34.1 Å². The van der Waals surface area contributed by atoms with Gasteiger partial charge in [0.15, 0.2) is 13.2 Å². The Bertz CT molecular complexity index is 911. The summed E-state index contributed by atoms with van der Waals surface area (Å²) in [4.78, 5) is 26.1. The monoisotopic (exact) mass is 394 g/mol. The van der Waals surface area contributed by atoms with E-state index in [9.17, 15) is 9.59 Å². The lowest BCUT2D eigenvalue weighted by Gasteiger charge is -2.22. The van der Waals surface area contributed by atoms with E-state index in [2.05, 4.69) is 0 Å². The number of nitriles is 1. The molecule has 0 saturated carbocycles. The van der Waals surface area contributed by atoms with Crippen molar-refractivity contribution in [2.75, 3.05) is 24.7 Å². The molecule has 0 bridgehead atoms. The molecule has 6 heteroatoms. The number of anilines is 1. The summed E-state index contributed by atoms with van der Waals surface area (Å²) >= 11 is 0. The Morgan fingerprint density at radius 1 is 0.966 bits per heavy atom. The maximum Gasteiger partial charge on any atom is 0.344 e. The van der Waals surface area contributed by atoms with E-state index in [1.807, 2.05) is 64.1 Å². The first kappa shape index (κ1) is 22.0. The van der Waals surface area contributed by atoms with Gasteiger partial charge in [-0.1, -0.05) is 23.8 Å². The number of hydrogen-bond donors (Lipinski definition) is 0. The number of nitrogens with zero attached hydrogens (tertiary/aromatic N) is 2. The molecule has 2 rings (SSSR count). The van der Waals surface area contributed by atoms with Crippen LogP contribution in [0.15, 0.2) is 36.4 Å². The molecule has 0 aliphatic heterocycles. The van der Waals surface area contributed by atoms with Crippen LogP contribution in [-0.4, -0.2) is 31.6 Å². The van der Waals surface area contributed by atoms with Crippen LogP contribution in [0, 0.1) is 39.0 Å². The maximum absolute atomic E-state index is 12.6. The highest BCUT2D eigenvalue weighted by atomic mass is 16.6. The molecule has 0 spiro atoms. The predicted octanol–water partition coefficient (Wildman–Crippen LogP) is 3.79. The molecule has 29 heavy (non-hydrogen) atoms. The quantitative estimate of drug-likeness (QED) is 0.637. The normalized spacial score (nSPS) is 10.2. The van der Waals surface area contributed by atoms with Crippen LogP contribution in [0.5, 0.6) is 5.75 Å². The zero-order valence-corrected chi connectivity index (χ0v) is 17.3. The van der Waals surface area contributed by atoms with Gasteiger partial charge in [-0.3, -0.25) is 4.79 Å². The highest BCUT2D eigenvalue weighted by Gasteiger charge is 2.18. The van der Waals surface area contributed by atoms with Crippen LogP contribution in [0.25, 0.3) is 0 Å². The van der Waals surface area contributed by atoms with Crippen LogP contribution in [0.1, 0.15) is 28.7 Å². The van der Waals surface area contributed by atoms with Crippen molar-refractivity contribution < 1.29 is 19.1 Å². The van der Waals surface area contributed by atoms with Gasteiger partial charge >= 0.3 is 5.97 Å². The molecule has 6 nitrogen and oxygen atoms in total. The molecule has 0 aromatic heterocycles. The van der Waals surface area contributed by atoms with Crippen LogP contribution < -0.4 is 9.64 Å². The number of carbonyl (C=O) groups excluding carboxylic acids is 2. The standard InChI is InChI=1S/C23H26N2O4/c1-16-6-7-21(19(4)11-16)28-15-23(27)29-14-22(26)25(9-5-8-24)20-12-17(2)10-18(3)13-20/h6-7,10-13H,5,9,14-15H2,1-4H3. The summed E-state index contributed by atoms with van der Waals surface area (Å²) < 4.78 is 10.6. The SMILES string of the molecule is Cc1cc(C)cc(N(CCC#N)C(=O)COC(=O)COc2ccc(C)cc2C)c1. The minimum Gasteiger partial charge on any atom is -0.482 e. The molecule has 1 amide bonds. The van der Waals surface area contributed by atoms with Gasteiger partial charge in [-0.05, 0) is 62.6 Å². The Hall–Kier alpha value is -3.33. The van der Waals surface area contributed by atoms with E-state index in [0.717, 1.165) is 22.3 Å². The molecule has 2 aromatic rings. The summed E-state index contributed by atoms with van der Waals surface area (Å²) in [7, 11) is 0. The first-order valence-electron chi connectivity index (χ1n) is 9.41. The zero-order valence-electron chi connectivity index (χ0n) is 17.3. The van der Waals surface area contributed by atoms with Crippen molar-refractivity contribution in [3.63, 3.8) is 0 Å². The van der Waals surface area contributed by atoms with E-state index in [1.165, 1.54) is 4.90 Å². The summed E-state index contributed by atoms with van der Waals surface area (Å²) in [6.45, 7) is 7.29. The number of hydrogen-bond acceptors (Lipinski definition) is 5. The van der Waals surface area contributed by atoms with Crippen LogP contribution in [0.2, 0.25) is 0 Å². The molecule has 0 radical (unpaired) electrons. The van der Waals surface area contributed by atoms with Gasteiger partial charge in [0.1, 0.15) is 5.75 Å². The highest BCUT2D eigenvalue weighted by Crippen LogP contribution is 2.20. The van der Waals surface area contributed by atoms with Gasteiger partial charge < -0.3 is 14.4 Å². The van der Waals surface area contributed by atoms with Gasteiger partial charge in [0, 0.05) is 12.2 Å². The van der Waals surface area contributed by atoms with Gasteiger partial charge in [0.2, 0.25) is 0 Å². The Kier molecular flexibility index (Phi) is 7.79. The van der Waals surface area contributed by atoms with Gasteiger partial charge in [0.05, 0.1) is 12.5 Å². The lowest BCUT2D eigenvalue weighted by molar-refractivity contribution is -0.149. The number of esters is 1. The van der Waals surface area contributed by atoms with Crippen molar-refractivity contribution in [2.24, 2.45) is 0 Å². The van der Waals surface area contributed by atoms with E-state index in [0.29, 0.717) is 11.4 Å². The lowest BCUT2D eigenvalue weighted by Crippen LogP contribution is -2.36. The summed E-state index contributed by atoms with van der Waals surface area (Å²) in [6, 6.07) is 13.4.